The topological polar surface area (TPSA) is 76.8 Å². The second-order valence-electron chi connectivity index (χ2n) is 4.86. The van der Waals surface area contributed by atoms with Gasteiger partial charge in [0.1, 0.15) is 5.82 Å². The third-order valence-corrected chi connectivity index (χ3v) is 3.51. The lowest BCUT2D eigenvalue weighted by atomic mass is 10.1. The van der Waals surface area contributed by atoms with E-state index in [1.54, 1.807) is 0 Å². The predicted octanol–water partition coefficient (Wildman–Crippen LogP) is 0.269. The van der Waals surface area contributed by atoms with Crippen LogP contribution in [0, 0.1) is 0 Å². The molecule has 3 rings (SSSR count). The van der Waals surface area contributed by atoms with E-state index in [0.29, 0.717) is 24.5 Å². The molecule has 19 heavy (non-hydrogen) atoms. The highest BCUT2D eigenvalue weighted by Crippen LogP contribution is 2.26. The molecule has 1 aliphatic heterocycles. The number of aromatic nitrogens is 1. The molecule has 0 saturated carbocycles. The maximum absolute atomic E-state index is 9.62. The Balaban J connectivity index is 2.07. The van der Waals surface area contributed by atoms with E-state index in [1.807, 2.05) is 35.2 Å². The van der Waals surface area contributed by atoms with E-state index < -0.39 is 12.2 Å². The van der Waals surface area contributed by atoms with Crippen LogP contribution in [0.4, 0.5) is 5.82 Å². The van der Waals surface area contributed by atoms with E-state index in [2.05, 4.69) is 4.98 Å². The summed E-state index contributed by atoms with van der Waals surface area (Å²) in [5.41, 5.74) is 1.55. The second-order valence-corrected chi connectivity index (χ2v) is 4.86. The maximum Gasteiger partial charge on any atom is 0.135 e. The number of benzene rings is 1. The summed E-state index contributed by atoms with van der Waals surface area (Å²) in [6.45, 7) is 0.550. The lowest BCUT2D eigenvalue weighted by Crippen LogP contribution is -2.23. The van der Waals surface area contributed by atoms with E-state index in [4.69, 9.17) is 0 Å². The average molecular weight is 260 g/mol. The van der Waals surface area contributed by atoms with Crippen molar-refractivity contribution in [3.63, 3.8) is 0 Å². The summed E-state index contributed by atoms with van der Waals surface area (Å²) >= 11 is 0. The number of hydrogen-bond acceptors (Lipinski definition) is 5. The van der Waals surface area contributed by atoms with Gasteiger partial charge in [0.15, 0.2) is 0 Å². The Labute approximate surface area is 110 Å². The number of anilines is 1. The van der Waals surface area contributed by atoms with Crippen molar-refractivity contribution in [1.82, 2.24) is 4.98 Å². The van der Waals surface area contributed by atoms with E-state index in [9.17, 15) is 15.3 Å². The van der Waals surface area contributed by atoms with Crippen LogP contribution in [-0.4, -0.2) is 45.6 Å². The number of fused-ring (bicyclic) bond motifs is 1. The molecule has 5 heteroatoms. The van der Waals surface area contributed by atoms with Gasteiger partial charge in [0.05, 0.1) is 24.3 Å². The molecule has 1 aliphatic rings. The molecular formula is C14H16N2O3. The number of para-hydroxylation sites is 1. The van der Waals surface area contributed by atoms with Gasteiger partial charge in [-0.25, -0.2) is 4.98 Å². The molecule has 2 heterocycles. The SMILES string of the molecule is OCc1cc2ccccc2nc1N1CC(O)C(O)C1. The predicted molar refractivity (Wildman–Crippen MR) is 71.9 cm³/mol. The summed E-state index contributed by atoms with van der Waals surface area (Å²) < 4.78 is 0. The third-order valence-electron chi connectivity index (χ3n) is 3.51. The first-order valence-electron chi connectivity index (χ1n) is 6.29. The molecule has 0 aliphatic carbocycles. The van der Waals surface area contributed by atoms with Crippen LogP contribution in [0.5, 0.6) is 0 Å². The minimum Gasteiger partial charge on any atom is -0.392 e. The van der Waals surface area contributed by atoms with E-state index in [-0.39, 0.29) is 6.61 Å². The quantitative estimate of drug-likeness (QED) is 0.722. The second kappa shape index (κ2) is 4.77. The molecule has 2 atom stereocenters. The van der Waals surface area contributed by atoms with Crippen molar-refractivity contribution in [3.8, 4) is 0 Å². The van der Waals surface area contributed by atoms with Crippen LogP contribution >= 0.6 is 0 Å². The first-order valence-corrected chi connectivity index (χ1v) is 6.29. The average Bonchev–Trinajstić information content (AvgIpc) is 2.77. The van der Waals surface area contributed by atoms with E-state index >= 15 is 0 Å². The van der Waals surface area contributed by atoms with E-state index in [0.717, 1.165) is 10.9 Å². The fourth-order valence-corrected chi connectivity index (χ4v) is 2.48. The van der Waals surface area contributed by atoms with Gasteiger partial charge < -0.3 is 20.2 Å². The Morgan fingerprint density at radius 1 is 1.16 bits per heavy atom. The summed E-state index contributed by atoms with van der Waals surface area (Å²) in [5.74, 6) is 0.636. The molecule has 2 aromatic rings. The monoisotopic (exact) mass is 260 g/mol. The van der Waals surface area contributed by atoms with Gasteiger partial charge in [-0.15, -0.1) is 0 Å². The molecule has 3 N–H and O–H groups in total. The number of pyridine rings is 1. The van der Waals surface area contributed by atoms with Crippen molar-refractivity contribution in [1.29, 1.82) is 0 Å². The number of hydrogen-bond donors (Lipinski definition) is 3. The van der Waals surface area contributed by atoms with Crippen molar-refractivity contribution in [2.24, 2.45) is 0 Å². The lowest BCUT2D eigenvalue weighted by Gasteiger charge is -2.20. The highest BCUT2D eigenvalue weighted by atomic mass is 16.3. The van der Waals surface area contributed by atoms with Gasteiger partial charge in [-0.1, -0.05) is 18.2 Å². The molecule has 100 valence electrons. The Morgan fingerprint density at radius 2 is 1.84 bits per heavy atom. The maximum atomic E-state index is 9.62. The van der Waals surface area contributed by atoms with Gasteiger partial charge in [-0.2, -0.15) is 0 Å². The molecule has 0 bridgehead atoms. The van der Waals surface area contributed by atoms with Crippen molar-refractivity contribution in [2.45, 2.75) is 18.8 Å². The Morgan fingerprint density at radius 3 is 2.53 bits per heavy atom. The highest BCUT2D eigenvalue weighted by molar-refractivity contribution is 5.81. The van der Waals surface area contributed by atoms with Crippen LogP contribution in [0.2, 0.25) is 0 Å². The molecular weight excluding hydrogens is 244 g/mol. The summed E-state index contributed by atoms with van der Waals surface area (Å²) in [5, 5.41) is 29.7. The molecule has 0 spiro atoms. The molecule has 2 unspecified atom stereocenters. The first kappa shape index (κ1) is 12.3. The standard InChI is InChI=1S/C14H16N2O3/c17-8-10-5-9-3-1-2-4-11(9)15-14(10)16-6-12(18)13(19)7-16/h1-5,12-13,17-19H,6-8H2. The minimum absolute atomic E-state index is 0.115. The zero-order valence-corrected chi connectivity index (χ0v) is 10.4. The molecule has 1 fully saturated rings. The van der Waals surface area contributed by atoms with Gasteiger partial charge in [-0.05, 0) is 12.1 Å². The molecule has 5 nitrogen and oxygen atoms in total. The summed E-state index contributed by atoms with van der Waals surface area (Å²) in [6, 6.07) is 9.58. The van der Waals surface area contributed by atoms with Gasteiger partial charge in [0, 0.05) is 24.0 Å². The molecule has 0 radical (unpaired) electrons. The summed E-state index contributed by atoms with van der Waals surface area (Å²) in [7, 11) is 0. The molecule has 1 aromatic heterocycles. The Bertz CT molecular complexity index is 592. The van der Waals surface area contributed by atoms with Crippen LogP contribution < -0.4 is 4.90 Å². The fraction of sp³-hybridized carbons (Fsp3) is 0.357. The third kappa shape index (κ3) is 2.16. The van der Waals surface area contributed by atoms with Gasteiger partial charge in [0.25, 0.3) is 0 Å². The zero-order chi connectivity index (χ0) is 13.4. The summed E-state index contributed by atoms with van der Waals surface area (Å²) in [6.07, 6.45) is -1.53. The Hall–Kier alpha value is -1.69. The number of aliphatic hydroxyl groups excluding tert-OH is 3. The number of β-amino-alcohol motifs (C(OH)–C–C–N with tert-alkyl or cyclic N) is 2. The van der Waals surface area contributed by atoms with Gasteiger partial charge >= 0.3 is 0 Å². The minimum atomic E-state index is -0.764. The lowest BCUT2D eigenvalue weighted by molar-refractivity contribution is 0.0572. The van der Waals surface area contributed by atoms with Crippen molar-refractivity contribution >= 4 is 16.7 Å². The van der Waals surface area contributed by atoms with Crippen LogP contribution in [0.3, 0.4) is 0 Å². The summed E-state index contributed by atoms with van der Waals surface area (Å²) in [4.78, 5) is 6.35. The van der Waals surface area contributed by atoms with Crippen LogP contribution in [0.15, 0.2) is 30.3 Å². The van der Waals surface area contributed by atoms with Crippen LogP contribution in [-0.2, 0) is 6.61 Å². The van der Waals surface area contributed by atoms with E-state index in [1.165, 1.54) is 0 Å². The molecule has 1 aromatic carbocycles. The fourth-order valence-electron chi connectivity index (χ4n) is 2.48. The van der Waals surface area contributed by atoms with Crippen molar-refractivity contribution in [2.75, 3.05) is 18.0 Å². The largest absolute Gasteiger partial charge is 0.392 e. The van der Waals surface area contributed by atoms with Crippen LogP contribution in [0.1, 0.15) is 5.56 Å². The number of aliphatic hydroxyl groups is 3. The van der Waals surface area contributed by atoms with Gasteiger partial charge in [-0.3, -0.25) is 0 Å². The number of nitrogens with zero attached hydrogens (tertiary/aromatic N) is 2. The highest BCUT2D eigenvalue weighted by Gasteiger charge is 2.31. The van der Waals surface area contributed by atoms with Gasteiger partial charge in [0.2, 0.25) is 0 Å². The normalized spacial score (nSPS) is 23.2. The van der Waals surface area contributed by atoms with Crippen molar-refractivity contribution < 1.29 is 15.3 Å². The molecule has 0 amide bonds. The van der Waals surface area contributed by atoms with Crippen LogP contribution in [0.25, 0.3) is 10.9 Å². The zero-order valence-electron chi connectivity index (χ0n) is 10.4. The molecule has 1 saturated heterocycles. The first-order chi connectivity index (χ1) is 9.19. The number of rotatable bonds is 2. The Kier molecular flexibility index (Phi) is 3.10. The van der Waals surface area contributed by atoms with Crippen molar-refractivity contribution in [3.05, 3.63) is 35.9 Å². The smallest absolute Gasteiger partial charge is 0.135 e.